The van der Waals surface area contributed by atoms with Crippen LogP contribution >= 0.6 is 11.3 Å². The van der Waals surface area contributed by atoms with Gasteiger partial charge in [0.05, 0.1) is 12.1 Å². The molecule has 0 saturated heterocycles. The SMILES string of the molecule is Cc1csc(C(C)NC(=O)[C@@H](N)CCc2ccccc2)n1. The third-order valence-corrected chi connectivity index (χ3v) is 4.43. The number of carbonyl (C=O) groups is 1. The molecule has 1 unspecified atom stereocenters. The Balaban J connectivity index is 1.82. The molecule has 2 aromatic rings. The minimum Gasteiger partial charge on any atom is -0.346 e. The number of rotatable bonds is 6. The Hall–Kier alpha value is -1.72. The molecule has 0 aliphatic heterocycles. The first-order valence-electron chi connectivity index (χ1n) is 7.08. The van der Waals surface area contributed by atoms with Gasteiger partial charge in [-0.1, -0.05) is 30.3 Å². The van der Waals surface area contributed by atoms with Gasteiger partial charge in [0.15, 0.2) is 0 Å². The topological polar surface area (TPSA) is 68.0 Å². The van der Waals surface area contributed by atoms with Gasteiger partial charge in [0.1, 0.15) is 5.01 Å². The van der Waals surface area contributed by atoms with E-state index in [2.05, 4.69) is 10.3 Å². The van der Waals surface area contributed by atoms with Crippen LogP contribution in [0.1, 0.15) is 35.7 Å². The molecule has 0 fully saturated rings. The fourth-order valence-corrected chi connectivity index (χ4v) is 2.85. The van der Waals surface area contributed by atoms with E-state index in [1.54, 1.807) is 11.3 Å². The minimum absolute atomic E-state index is 0.0982. The van der Waals surface area contributed by atoms with Crippen molar-refractivity contribution in [1.29, 1.82) is 0 Å². The van der Waals surface area contributed by atoms with Crippen LogP contribution in [0.4, 0.5) is 0 Å². The van der Waals surface area contributed by atoms with E-state index >= 15 is 0 Å². The van der Waals surface area contributed by atoms with E-state index < -0.39 is 6.04 Å². The van der Waals surface area contributed by atoms with E-state index in [1.165, 1.54) is 5.56 Å². The van der Waals surface area contributed by atoms with E-state index in [9.17, 15) is 4.79 Å². The quantitative estimate of drug-likeness (QED) is 0.862. The van der Waals surface area contributed by atoms with Gasteiger partial charge in [-0.05, 0) is 32.3 Å². The van der Waals surface area contributed by atoms with Crippen LogP contribution < -0.4 is 11.1 Å². The second kappa shape index (κ2) is 7.33. The Morgan fingerprint density at radius 1 is 1.38 bits per heavy atom. The molecule has 0 saturated carbocycles. The fourth-order valence-electron chi connectivity index (χ4n) is 2.05. The van der Waals surface area contributed by atoms with Crippen molar-refractivity contribution in [2.75, 3.05) is 0 Å². The van der Waals surface area contributed by atoms with E-state index in [0.717, 1.165) is 17.1 Å². The van der Waals surface area contributed by atoms with Crippen LogP contribution in [0, 0.1) is 6.92 Å². The number of hydrogen-bond donors (Lipinski definition) is 2. The van der Waals surface area contributed by atoms with Gasteiger partial charge in [0.2, 0.25) is 5.91 Å². The molecule has 3 N–H and O–H groups in total. The monoisotopic (exact) mass is 303 g/mol. The number of carbonyl (C=O) groups excluding carboxylic acids is 1. The van der Waals surface area contributed by atoms with Crippen molar-refractivity contribution in [2.45, 2.75) is 38.8 Å². The van der Waals surface area contributed by atoms with Crippen molar-refractivity contribution < 1.29 is 4.79 Å². The third-order valence-electron chi connectivity index (χ3n) is 3.29. The Morgan fingerprint density at radius 3 is 2.71 bits per heavy atom. The van der Waals surface area contributed by atoms with Crippen molar-refractivity contribution in [1.82, 2.24) is 10.3 Å². The summed E-state index contributed by atoms with van der Waals surface area (Å²) in [5.41, 5.74) is 8.14. The summed E-state index contributed by atoms with van der Waals surface area (Å²) in [6, 6.07) is 9.47. The van der Waals surface area contributed by atoms with Crippen molar-refractivity contribution in [3.63, 3.8) is 0 Å². The zero-order chi connectivity index (χ0) is 15.2. The lowest BCUT2D eigenvalue weighted by Crippen LogP contribution is -2.41. The van der Waals surface area contributed by atoms with Crippen LogP contribution in [0.3, 0.4) is 0 Å². The van der Waals surface area contributed by atoms with Crippen LogP contribution in [-0.2, 0) is 11.2 Å². The highest BCUT2D eigenvalue weighted by Crippen LogP contribution is 2.17. The second-order valence-electron chi connectivity index (χ2n) is 5.19. The maximum Gasteiger partial charge on any atom is 0.237 e. The molecule has 0 spiro atoms. The Kier molecular flexibility index (Phi) is 5.47. The van der Waals surface area contributed by atoms with E-state index in [-0.39, 0.29) is 11.9 Å². The lowest BCUT2D eigenvalue weighted by molar-refractivity contribution is -0.123. The number of nitrogens with two attached hydrogens (primary N) is 1. The molecule has 4 nitrogen and oxygen atoms in total. The average molecular weight is 303 g/mol. The number of thiazole rings is 1. The van der Waals surface area contributed by atoms with Crippen LogP contribution in [-0.4, -0.2) is 16.9 Å². The molecule has 1 heterocycles. The molecule has 1 aromatic carbocycles. The van der Waals surface area contributed by atoms with Crippen molar-refractivity contribution in [3.8, 4) is 0 Å². The summed E-state index contributed by atoms with van der Waals surface area (Å²) in [5.74, 6) is -0.119. The summed E-state index contributed by atoms with van der Waals surface area (Å²) in [4.78, 5) is 16.5. The standard InChI is InChI=1S/C16H21N3OS/c1-11-10-21-16(18-11)12(2)19-15(20)14(17)9-8-13-6-4-3-5-7-13/h3-7,10,12,14H,8-9,17H2,1-2H3,(H,19,20)/t12?,14-/m0/s1. The van der Waals surface area contributed by atoms with Crippen molar-refractivity contribution >= 4 is 17.2 Å². The predicted molar refractivity (Wildman–Crippen MR) is 86.1 cm³/mol. The Labute approximate surface area is 129 Å². The largest absolute Gasteiger partial charge is 0.346 e. The average Bonchev–Trinajstić information content (AvgIpc) is 2.92. The van der Waals surface area contributed by atoms with Gasteiger partial charge in [-0.25, -0.2) is 4.98 Å². The van der Waals surface area contributed by atoms with Crippen molar-refractivity contribution in [2.24, 2.45) is 5.73 Å². The minimum atomic E-state index is -0.492. The van der Waals surface area contributed by atoms with Gasteiger partial charge in [-0.15, -0.1) is 11.3 Å². The molecule has 2 rings (SSSR count). The number of aryl methyl sites for hydroxylation is 2. The number of aromatic nitrogens is 1. The van der Waals surface area contributed by atoms with Gasteiger partial charge in [0, 0.05) is 11.1 Å². The number of nitrogens with one attached hydrogen (secondary N) is 1. The molecule has 1 amide bonds. The van der Waals surface area contributed by atoms with Crippen LogP contribution in [0.5, 0.6) is 0 Å². The van der Waals surface area contributed by atoms with E-state index in [0.29, 0.717) is 6.42 Å². The highest BCUT2D eigenvalue weighted by molar-refractivity contribution is 7.09. The molecule has 2 atom stereocenters. The molecule has 0 aliphatic carbocycles. The fraction of sp³-hybridized carbons (Fsp3) is 0.375. The maximum absolute atomic E-state index is 12.1. The predicted octanol–water partition coefficient (Wildman–Crippen LogP) is 2.59. The second-order valence-corrected chi connectivity index (χ2v) is 6.08. The summed E-state index contributed by atoms with van der Waals surface area (Å²) < 4.78 is 0. The molecule has 0 radical (unpaired) electrons. The Bertz CT molecular complexity index is 582. The highest BCUT2D eigenvalue weighted by atomic mass is 32.1. The van der Waals surface area contributed by atoms with Crippen molar-refractivity contribution in [3.05, 3.63) is 52.0 Å². The maximum atomic E-state index is 12.1. The number of amides is 1. The lowest BCUT2D eigenvalue weighted by atomic mass is 10.1. The Morgan fingerprint density at radius 2 is 2.10 bits per heavy atom. The lowest BCUT2D eigenvalue weighted by Gasteiger charge is -2.16. The van der Waals surface area contributed by atoms with Gasteiger partial charge in [-0.3, -0.25) is 4.79 Å². The van der Waals surface area contributed by atoms with E-state index in [4.69, 9.17) is 5.73 Å². The van der Waals surface area contributed by atoms with E-state index in [1.807, 2.05) is 49.6 Å². The third kappa shape index (κ3) is 4.65. The summed E-state index contributed by atoms with van der Waals surface area (Å²) in [6.45, 7) is 3.88. The molecule has 112 valence electrons. The molecule has 1 aromatic heterocycles. The number of nitrogens with zero attached hydrogens (tertiary/aromatic N) is 1. The summed E-state index contributed by atoms with van der Waals surface area (Å²) in [7, 11) is 0. The normalized spacial score (nSPS) is 13.7. The van der Waals surface area contributed by atoms with Crippen LogP contribution in [0.25, 0.3) is 0 Å². The van der Waals surface area contributed by atoms with Crippen LogP contribution in [0.15, 0.2) is 35.7 Å². The van der Waals surface area contributed by atoms with Gasteiger partial charge in [-0.2, -0.15) is 0 Å². The van der Waals surface area contributed by atoms with Crippen LogP contribution in [0.2, 0.25) is 0 Å². The first-order valence-corrected chi connectivity index (χ1v) is 7.96. The zero-order valence-corrected chi connectivity index (χ0v) is 13.2. The highest BCUT2D eigenvalue weighted by Gasteiger charge is 2.18. The first kappa shape index (κ1) is 15.7. The number of benzene rings is 1. The summed E-state index contributed by atoms with van der Waals surface area (Å²) in [6.07, 6.45) is 1.44. The smallest absolute Gasteiger partial charge is 0.237 e. The van der Waals surface area contributed by atoms with Gasteiger partial charge in [0.25, 0.3) is 0 Å². The molecular weight excluding hydrogens is 282 g/mol. The molecule has 5 heteroatoms. The van der Waals surface area contributed by atoms with Gasteiger partial charge < -0.3 is 11.1 Å². The van der Waals surface area contributed by atoms with Gasteiger partial charge >= 0.3 is 0 Å². The first-order chi connectivity index (χ1) is 10.1. The molecule has 21 heavy (non-hydrogen) atoms. The summed E-state index contributed by atoms with van der Waals surface area (Å²) >= 11 is 1.55. The molecule has 0 aliphatic rings. The molecular formula is C16H21N3OS. The number of hydrogen-bond acceptors (Lipinski definition) is 4. The molecule has 0 bridgehead atoms. The summed E-state index contributed by atoms with van der Waals surface area (Å²) in [5, 5.41) is 5.82. The zero-order valence-electron chi connectivity index (χ0n) is 12.4.